The van der Waals surface area contributed by atoms with Crippen LogP contribution in [0.5, 0.6) is 5.75 Å². The molecule has 0 heterocycles. The van der Waals surface area contributed by atoms with Crippen molar-refractivity contribution in [2.75, 3.05) is 0 Å². The highest BCUT2D eigenvalue weighted by Gasteiger charge is 2.28. The third-order valence-corrected chi connectivity index (χ3v) is 3.03. The van der Waals surface area contributed by atoms with Crippen LogP contribution in [-0.4, -0.2) is 12.3 Å². The number of ether oxygens (including phenoxy) is 1. The molecule has 1 saturated carbocycles. The lowest BCUT2D eigenvalue weighted by molar-refractivity contribution is -0.136. The minimum atomic E-state index is -4.16. The first kappa shape index (κ1) is 14.1. The molecule has 0 saturated heterocycles. The first-order valence-electron chi connectivity index (χ1n) is 6.27. The second-order valence-corrected chi connectivity index (χ2v) is 4.76. The predicted molar refractivity (Wildman–Crippen MR) is 65.4 cm³/mol. The maximum Gasteiger partial charge on any atom is 0.389 e. The SMILES string of the molecule is NNC(CCC(F)(F)F)c1ccc(OC2CC2)cc1. The third kappa shape index (κ3) is 4.72. The highest BCUT2D eigenvalue weighted by Crippen LogP contribution is 2.30. The fraction of sp³-hybridized carbons (Fsp3) is 0.538. The Morgan fingerprint density at radius 1 is 1.26 bits per heavy atom. The molecule has 1 fully saturated rings. The van der Waals surface area contributed by atoms with Crippen LogP contribution in [0.3, 0.4) is 0 Å². The maximum atomic E-state index is 12.2. The van der Waals surface area contributed by atoms with Gasteiger partial charge in [-0.1, -0.05) is 12.1 Å². The minimum absolute atomic E-state index is 0.0805. The monoisotopic (exact) mass is 274 g/mol. The van der Waals surface area contributed by atoms with E-state index >= 15 is 0 Å². The fourth-order valence-electron chi connectivity index (χ4n) is 1.81. The highest BCUT2D eigenvalue weighted by atomic mass is 19.4. The van der Waals surface area contributed by atoms with E-state index in [2.05, 4.69) is 5.43 Å². The molecule has 1 unspecified atom stereocenters. The van der Waals surface area contributed by atoms with E-state index in [1.807, 2.05) is 0 Å². The summed E-state index contributed by atoms with van der Waals surface area (Å²) in [7, 11) is 0. The average Bonchev–Trinajstić information content (AvgIpc) is 3.14. The zero-order valence-corrected chi connectivity index (χ0v) is 10.4. The summed E-state index contributed by atoms with van der Waals surface area (Å²) in [5, 5.41) is 0. The van der Waals surface area contributed by atoms with Gasteiger partial charge in [0.25, 0.3) is 0 Å². The van der Waals surface area contributed by atoms with Crippen LogP contribution >= 0.6 is 0 Å². The number of nitrogens with two attached hydrogens (primary N) is 1. The van der Waals surface area contributed by atoms with E-state index in [-0.39, 0.29) is 6.42 Å². The van der Waals surface area contributed by atoms with Crippen molar-refractivity contribution in [3.05, 3.63) is 29.8 Å². The van der Waals surface area contributed by atoms with E-state index in [1.54, 1.807) is 24.3 Å². The summed E-state index contributed by atoms with van der Waals surface area (Å²) in [6.45, 7) is 0. The number of rotatable bonds is 6. The zero-order valence-electron chi connectivity index (χ0n) is 10.4. The number of benzene rings is 1. The third-order valence-electron chi connectivity index (χ3n) is 3.03. The van der Waals surface area contributed by atoms with Crippen molar-refractivity contribution in [2.45, 2.75) is 44.0 Å². The molecule has 0 amide bonds. The van der Waals surface area contributed by atoms with Crippen molar-refractivity contribution in [3.8, 4) is 5.75 Å². The van der Waals surface area contributed by atoms with Crippen LogP contribution in [0.2, 0.25) is 0 Å². The average molecular weight is 274 g/mol. The van der Waals surface area contributed by atoms with Crippen LogP contribution in [0.1, 0.15) is 37.3 Å². The lowest BCUT2D eigenvalue weighted by Crippen LogP contribution is -2.29. The smallest absolute Gasteiger partial charge is 0.389 e. The molecule has 1 aromatic carbocycles. The first-order valence-corrected chi connectivity index (χ1v) is 6.27. The van der Waals surface area contributed by atoms with Gasteiger partial charge in [0.15, 0.2) is 0 Å². The standard InChI is InChI=1S/C13H17F3N2O/c14-13(15,16)8-7-12(18-17)9-1-3-10(4-2-9)19-11-5-6-11/h1-4,11-12,18H,5-8,17H2. The molecule has 3 N–H and O–H groups in total. The van der Waals surface area contributed by atoms with E-state index < -0.39 is 18.6 Å². The molecule has 1 aromatic rings. The van der Waals surface area contributed by atoms with Gasteiger partial charge >= 0.3 is 6.18 Å². The first-order chi connectivity index (χ1) is 8.98. The van der Waals surface area contributed by atoms with Gasteiger partial charge in [0.2, 0.25) is 0 Å². The van der Waals surface area contributed by atoms with Crippen molar-refractivity contribution in [2.24, 2.45) is 5.84 Å². The number of halogens is 3. The Morgan fingerprint density at radius 3 is 2.37 bits per heavy atom. The summed E-state index contributed by atoms with van der Waals surface area (Å²) in [4.78, 5) is 0. The van der Waals surface area contributed by atoms with E-state index in [4.69, 9.17) is 10.6 Å². The van der Waals surface area contributed by atoms with Crippen molar-refractivity contribution >= 4 is 0 Å². The molecule has 0 aromatic heterocycles. The maximum absolute atomic E-state index is 12.2. The summed E-state index contributed by atoms with van der Waals surface area (Å²) >= 11 is 0. The molecule has 19 heavy (non-hydrogen) atoms. The summed E-state index contributed by atoms with van der Waals surface area (Å²) in [6, 6.07) is 6.53. The van der Waals surface area contributed by atoms with Crippen molar-refractivity contribution < 1.29 is 17.9 Å². The van der Waals surface area contributed by atoms with Gasteiger partial charge in [0.05, 0.1) is 6.10 Å². The molecule has 1 aliphatic carbocycles. The van der Waals surface area contributed by atoms with Crippen LogP contribution in [0.25, 0.3) is 0 Å². The van der Waals surface area contributed by atoms with Crippen LogP contribution < -0.4 is 16.0 Å². The van der Waals surface area contributed by atoms with Gasteiger partial charge in [0.1, 0.15) is 5.75 Å². The Bertz CT molecular complexity index is 401. The Hall–Kier alpha value is -1.27. The topological polar surface area (TPSA) is 47.3 Å². The summed E-state index contributed by atoms with van der Waals surface area (Å²) in [6.07, 6.45) is -2.66. The lowest BCUT2D eigenvalue weighted by atomic mass is 10.0. The van der Waals surface area contributed by atoms with Crippen LogP contribution in [0.15, 0.2) is 24.3 Å². The Labute approximate surface area is 109 Å². The van der Waals surface area contributed by atoms with Crippen molar-refractivity contribution in [1.29, 1.82) is 0 Å². The van der Waals surface area contributed by atoms with E-state index in [0.717, 1.165) is 24.2 Å². The number of hydrogen-bond donors (Lipinski definition) is 2. The van der Waals surface area contributed by atoms with Gasteiger partial charge in [-0.25, -0.2) is 0 Å². The number of hydrazine groups is 1. The molecule has 1 aliphatic rings. The van der Waals surface area contributed by atoms with E-state index in [9.17, 15) is 13.2 Å². The Balaban J connectivity index is 1.93. The molecule has 0 bridgehead atoms. The van der Waals surface area contributed by atoms with Crippen LogP contribution in [-0.2, 0) is 0 Å². The van der Waals surface area contributed by atoms with Gasteiger partial charge in [-0.3, -0.25) is 11.3 Å². The van der Waals surface area contributed by atoms with Gasteiger partial charge in [-0.05, 0) is 37.0 Å². The molecule has 0 spiro atoms. The molecule has 0 radical (unpaired) electrons. The van der Waals surface area contributed by atoms with Crippen LogP contribution in [0.4, 0.5) is 13.2 Å². The molecule has 6 heteroatoms. The van der Waals surface area contributed by atoms with E-state index in [0.29, 0.717) is 6.10 Å². The molecule has 2 rings (SSSR count). The largest absolute Gasteiger partial charge is 0.490 e. The number of alkyl halides is 3. The summed E-state index contributed by atoms with van der Waals surface area (Å²) in [5.74, 6) is 6.06. The molecule has 1 atom stereocenters. The van der Waals surface area contributed by atoms with Crippen molar-refractivity contribution in [1.82, 2.24) is 5.43 Å². The van der Waals surface area contributed by atoms with Gasteiger partial charge in [-0.2, -0.15) is 13.2 Å². The Morgan fingerprint density at radius 2 is 1.89 bits per heavy atom. The number of nitrogens with one attached hydrogen (secondary N) is 1. The second kappa shape index (κ2) is 5.79. The van der Waals surface area contributed by atoms with Gasteiger partial charge in [0, 0.05) is 12.5 Å². The van der Waals surface area contributed by atoms with E-state index in [1.165, 1.54) is 0 Å². The molecular weight excluding hydrogens is 257 g/mol. The zero-order chi connectivity index (χ0) is 13.9. The second-order valence-electron chi connectivity index (χ2n) is 4.76. The van der Waals surface area contributed by atoms with Crippen molar-refractivity contribution in [3.63, 3.8) is 0 Å². The summed E-state index contributed by atoms with van der Waals surface area (Å²) in [5.41, 5.74) is 3.15. The Kier molecular flexibility index (Phi) is 4.31. The quantitative estimate of drug-likeness (QED) is 0.619. The molecule has 106 valence electrons. The lowest BCUT2D eigenvalue weighted by Gasteiger charge is -2.17. The van der Waals surface area contributed by atoms with Gasteiger partial charge in [-0.15, -0.1) is 0 Å². The number of hydrogen-bond acceptors (Lipinski definition) is 3. The fourth-order valence-corrected chi connectivity index (χ4v) is 1.81. The molecule has 3 nitrogen and oxygen atoms in total. The highest BCUT2D eigenvalue weighted by molar-refractivity contribution is 5.29. The normalized spacial score (nSPS) is 17.3. The van der Waals surface area contributed by atoms with Crippen LogP contribution in [0, 0.1) is 0 Å². The summed E-state index contributed by atoms with van der Waals surface area (Å²) < 4.78 is 42.2. The predicted octanol–water partition coefficient (Wildman–Crippen LogP) is 3.07. The molecular formula is C13H17F3N2O. The molecule has 0 aliphatic heterocycles. The van der Waals surface area contributed by atoms with Gasteiger partial charge < -0.3 is 4.74 Å². The minimum Gasteiger partial charge on any atom is -0.490 e.